The molecule has 0 amide bonds. The number of aromatic nitrogens is 3. The van der Waals surface area contributed by atoms with Gasteiger partial charge in [-0.25, -0.2) is 9.59 Å². The largest absolute Gasteiger partial charge is 0.350 e. The smallest absolute Gasteiger partial charge is 0.334 e. The van der Waals surface area contributed by atoms with E-state index in [0.29, 0.717) is 12.2 Å². The molecule has 0 aliphatic rings. The average molecular weight is 198 g/mol. The van der Waals surface area contributed by atoms with Crippen molar-refractivity contribution in [3.8, 4) is 0 Å². The van der Waals surface area contributed by atoms with Crippen molar-refractivity contribution in [2.24, 2.45) is 0 Å². The number of rotatable bonds is 4. The molecule has 0 bridgehead atoms. The maximum absolute atomic E-state index is 11.0. The number of aromatic amines is 1. The monoisotopic (exact) mass is 198 g/mol. The molecule has 3 N–H and O–H groups in total. The molecule has 1 heterocycles. The lowest BCUT2D eigenvalue weighted by Crippen LogP contribution is -2.39. The van der Waals surface area contributed by atoms with E-state index in [0.717, 1.165) is 23.9 Å². The van der Waals surface area contributed by atoms with Gasteiger partial charge in [-0.05, 0) is 6.42 Å². The van der Waals surface area contributed by atoms with E-state index in [1.54, 1.807) is 0 Å². The summed E-state index contributed by atoms with van der Waals surface area (Å²) < 4.78 is 0.886. The van der Waals surface area contributed by atoms with Crippen LogP contribution in [0.3, 0.4) is 0 Å². The van der Waals surface area contributed by atoms with E-state index in [1.807, 2.05) is 4.98 Å². The molecule has 0 fully saturated rings. The summed E-state index contributed by atoms with van der Waals surface area (Å²) in [5.41, 5.74) is -1.25. The number of nitrogens with one attached hydrogen (secondary N) is 1. The molecule has 1 aromatic rings. The second kappa shape index (κ2) is 4.59. The molecule has 0 aromatic carbocycles. The number of H-pyrrole nitrogens is 1. The number of nitrogens with zero attached hydrogens (tertiary/aromatic N) is 2. The Balaban J connectivity index is 2.86. The molecule has 0 unspecified atom stereocenters. The first-order valence-electron chi connectivity index (χ1n) is 4.62. The first-order valence-corrected chi connectivity index (χ1v) is 4.62. The highest BCUT2D eigenvalue weighted by Crippen LogP contribution is 1.99. The van der Waals surface area contributed by atoms with E-state index in [1.165, 1.54) is 0 Å². The molecule has 0 atom stereocenters. The number of nitrogens with two attached hydrogens (primary N) is 1. The molecule has 6 nitrogen and oxygen atoms in total. The number of unbranched alkanes of at least 4 members (excludes halogenated alkanes) is 2. The van der Waals surface area contributed by atoms with Crippen LogP contribution in [-0.4, -0.2) is 14.6 Å². The predicted octanol–water partition coefficient (Wildman–Crippen LogP) is -0.622. The van der Waals surface area contributed by atoms with Gasteiger partial charge in [0, 0.05) is 6.42 Å². The van der Waals surface area contributed by atoms with Crippen molar-refractivity contribution >= 4 is 0 Å². The maximum atomic E-state index is 11.0. The predicted molar refractivity (Wildman–Crippen MR) is 52.5 cm³/mol. The Morgan fingerprint density at radius 1 is 1.43 bits per heavy atom. The molecule has 1 rings (SSSR count). The highest BCUT2D eigenvalue weighted by Gasteiger charge is 2.03. The highest BCUT2D eigenvalue weighted by molar-refractivity contribution is 4.87. The first kappa shape index (κ1) is 10.5. The zero-order chi connectivity index (χ0) is 10.6. The van der Waals surface area contributed by atoms with Crippen LogP contribution in [0.5, 0.6) is 0 Å². The van der Waals surface area contributed by atoms with Gasteiger partial charge in [0.05, 0.1) is 0 Å². The van der Waals surface area contributed by atoms with Crippen LogP contribution >= 0.6 is 0 Å². The van der Waals surface area contributed by atoms with Crippen LogP contribution < -0.4 is 17.2 Å². The third-order valence-electron chi connectivity index (χ3n) is 1.95. The summed E-state index contributed by atoms with van der Waals surface area (Å²) in [6, 6.07) is 0. The minimum absolute atomic E-state index is 0.340. The molecule has 0 aliphatic heterocycles. The second-order valence-electron chi connectivity index (χ2n) is 3.09. The van der Waals surface area contributed by atoms with Crippen molar-refractivity contribution in [2.45, 2.75) is 32.6 Å². The van der Waals surface area contributed by atoms with Crippen LogP contribution in [0.15, 0.2) is 9.59 Å². The van der Waals surface area contributed by atoms with E-state index in [4.69, 9.17) is 5.84 Å². The van der Waals surface area contributed by atoms with Crippen molar-refractivity contribution < 1.29 is 0 Å². The Morgan fingerprint density at radius 3 is 2.79 bits per heavy atom. The van der Waals surface area contributed by atoms with Crippen molar-refractivity contribution in [1.82, 2.24) is 14.6 Å². The van der Waals surface area contributed by atoms with Crippen LogP contribution in [0.25, 0.3) is 0 Å². The van der Waals surface area contributed by atoms with Crippen molar-refractivity contribution in [1.29, 1.82) is 0 Å². The quantitative estimate of drug-likeness (QED) is 0.498. The van der Waals surface area contributed by atoms with Crippen LogP contribution in [0, 0.1) is 0 Å². The number of nitrogen functional groups attached to an aromatic ring is 1. The molecule has 0 radical (unpaired) electrons. The van der Waals surface area contributed by atoms with E-state index >= 15 is 0 Å². The minimum atomic E-state index is -0.636. The van der Waals surface area contributed by atoms with E-state index in [2.05, 4.69) is 11.9 Å². The normalized spacial score (nSPS) is 10.4. The van der Waals surface area contributed by atoms with Crippen molar-refractivity contribution in [3.05, 3.63) is 26.8 Å². The Morgan fingerprint density at radius 2 is 2.14 bits per heavy atom. The van der Waals surface area contributed by atoms with Gasteiger partial charge < -0.3 is 5.84 Å². The average Bonchev–Trinajstić information content (AvgIpc) is 2.13. The number of hydrogen-bond donors (Lipinski definition) is 2. The molecule has 0 spiro atoms. The highest BCUT2D eigenvalue weighted by atomic mass is 16.2. The fourth-order valence-electron chi connectivity index (χ4n) is 1.18. The lowest BCUT2D eigenvalue weighted by Gasteiger charge is -2.03. The fraction of sp³-hybridized carbons (Fsp3) is 0.625. The molecule has 1 aromatic heterocycles. The third kappa shape index (κ3) is 2.45. The van der Waals surface area contributed by atoms with Crippen LogP contribution in [-0.2, 0) is 6.42 Å². The Labute approximate surface area is 80.8 Å². The molecule has 6 heteroatoms. The van der Waals surface area contributed by atoms with Gasteiger partial charge in [0.15, 0.2) is 0 Å². The van der Waals surface area contributed by atoms with Gasteiger partial charge in [0.2, 0.25) is 0 Å². The van der Waals surface area contributed by atoms with Gasteiger partial charge in [-0.1, -0.05) is 19.8 Å². The Kier molecular flexibility index (Phi) is 3.44. The zero-order valence-electron chi connectivity index (χ0n) is 8.12. The Bertz CT molecular complexity index is 407. The van der Waals surface area contributed by atoms with Gasteiger partial charge in [0.1, 0.15) is 5.82 Å². The van der Waals surface area contributed by atoms with Gasteiger partial charge >= 0.3 is 11.4 Å². The van der Waals surface area contributed by atoms with Gasteiger partial charge in [-0.15, -0.1) is 0 Å². The summed E-state index contributed by atoms with van der Waals surface area (Å²) in [5, 5.41) is 0. The minimum Gasteiger partial charge on any atom is -0.334 e. The molecule has 0 aliphatic carbocycles. The topological polar surface area (TPSA) is 93.8 Å². The summed E-state index contributed by atoms with van der Waals surface area (Å²) in [6.07, 6.45) is 3.54. The van der Waals surface area contributed by atoms with Crippen molar-refractivity contribution in [3.63, 3.8) is 0 Å². The van der Waals surface area contributed by atoms with Gasteiger partial charge in [0.25, 0.3) is 0 Å². The summed E-state index contributed by atoms with van der Waals surface area (Å²) in [5.74, 6) is 5.75. The van der Waals surface area contributed by atoms with Crippen LogP contribution in [0.1, 0.15) is 32.0 Å². The number of hydrogen-bond acceptors (Lipinski definition) is 4. The lowest BCUT2D eigenvalue weighted by molar-refractivity contribution is 0.642. The summed E-state index contributed by atoms with van der Waals surface area (Å²) in [4.78, 5) is 27.5. The summed E-state index contributed by atoms with van der Waals surface area (Å²) in [7, 11) is 0. The van der Waals surface area contributed by atoms with E-state index in [-0.39, 0.29) is 0 Å². The summed E-state index contributed by atoms with van der Waals surface area (Å²) in [6.45, 7) is 2.07. The maximum Gasteiger partial charge on any atom is 0.350 e. The van der Waals surface area contributed by atoms with E-state index < -0.39 is 11.4 Å². The molecule has 14 heavy (non-hydrogen) atoms. The van der Waals surface area contributed by atoms with Gasteiger partial charge in [-0.3, -0.25) is 4.98 Å². The second-order valence-corrected chi connectivity index (χ2v) is 3.09. The SMILES string of the molecule is CCCCCc1nc(=O)[nH]c(=O)n1N. The number of aryl methyl sites for hydroxylation is 1. The summed E-state index contributed by atoms with van der Waals surface area (Å²) >= 11 is 0. The van der Waals surface area contributed by atoms with Crippen LogP contribution in [0.4, 0.5) is 0 Å². The molecular formula is C8H14N4O2. The molecule has 78 valence electrons. The fourth-order valence-corrected chi connectivity index (χ4v) is 1.18. The van der Waals surface area contributed by atoms with Crippen molar-refractivity contribution in [2.75, 3.05) is 5.84 Å². The van der Waals surface area contributed by atoms with Crippen LogP contribution in [0.2, 0.25) is 0 Å². The standard InChI is InChI=1S/C8H14N4O2/c1-2-3-4-5-6-10-7(13)11-8(14)12(6)9/h2-5,9H2,1H3,(H,11,13,14). The van der Waals surface area contributed by atoms with Gasteiger partial charge in [-0.2, -0.15) is 9.66 Å². The molecule has 0 saturated carbocycles. The van der Waals surface area contributed by atoms with E-state index in [9.17, 15) is 9.59 Å². The lowest BCUT2D eigenvalue weighted by atomic mass is 10.2. The Hall–Kier alpha value is -1.59. The first-order chi connectivity index (χ1) is 6.65. The zero-order valence-corrected chi connectivity index (χ0v) is 8.12. The molecule has 0 saturated heterocycles. The molecular weight excluding hydrogens is 184 g/mol. The third-order valence-corrected chi connectivity index (χ3v) is 1.95.